The number of carbonyl (C=O) groups excluding carboxylic acids is 2. The standard InChI is InChI=1S/C12H16N6O3/c1-7-16-8(21-17-7)6-15-11(20)12(2,3)18-5-4-14-10(18)9(13)19/h4-5H,6H2,1-3H3,(H2,13,19)(H,15,20). The van der Waals surface area contributed by atoms with E-state index in [1.165, 1.54) is 17.0 Å². The van der Waals surface area contributed by atoms with Gasteiger partial charge in [-0.25, -0.2) is 4.98 Å². The van der Waals surface area contributed by atoms with E-state index in [-0.39, 0.29) is 18.3 Å². The Labute approximate surface area is 120 Å². The van der Waals surface area contributed by atoms with Crippen LogP contribution in [0.25, 0.3) is 0 Å². The number of primary amides is 1. The van der Waals surface area contributed by atoms with Gasteiger partial charge in [0.05, 0.1) is 6.54 Å². The highest BCUT2D eigenvalue weighted by molar-refractivity contribution is 5.91. The van der Waals surface area contributed by atoms with Gasteiger partial charge in [-0.05, 0) is 20.8 Å². The second-order valence-corrected chi connectivity index (χ2v) is 4.96. The molecular formula is C12H16N6O3. The molecule has 0 aliphatic heterocycles. The van der Waals surface area contributed by atoms with Crippen molar-refractivity contribution in [1.82, 2.24) is 25.0 Å². The second kappa shape index (κ2) is 5.35. The molecule has 0 saturated carbocycles. The second-order valence-electron chi connectivity index (χ2n) is 4.96. The molecule has 0 aliphatic carbocycles. The molecule has 0 unspecified atom stereocenters. The number of nitrogens with zero attached hydrogens (tertiary/aromatic N) is 4. The number of aryl methyl sites for hydroxylation is 1. The van der Waals surface area contributed by atoms with Crippen LogP contribution in [0.1, 0.15) is 36.2 Å². The predicted molar refractivity (Wildman–Crippen MR) is 70.9 cm³/mol. The Morgan fingerprint density at radius 1 is 1.48 bits per heavy atom. The van der Waals surface area contributed by atoms with Crippen LogP contribution in [0, 0.1) is 6.92 Å². The number of hydrogen-bond donors (Lipinski definition) is 2. The quantitative estimate of drug-likeness (QED) is 0.780. The van der Waals surface area contributed by atoms with Gasteiger partial charge in [-0.3, -0.25) is 9.59 Å². The number of nitrogens with one attached hydrogen (secondary N) is 1. The Kier molecular flexibility index (Phi) is 3.74. The first-order valence-electron chi connectivity index (χ1n) is 6.23. The molecule has 2 heterocycles. The maximum absolute atomic E-state index is 12.3. The van der Waals surface area contributed by atoms with E-state index in [1.54, 1.807) is 20.8 Å². The van der Waals surface area contributed by atoms with E-state index in [2.05, 4.69) is 20.4 Å². The number of carbonyl (C=O) groups is 2. The molecule has 112 valence electrons. The molecule has 3 N–H and O–H groups in total. The summed E-state index contributed by atoms with van der Waals surface area (Å²) < 4.78 is 6.33. The lowest BCUT2D eigenvalue weighted by Gasteiger charge is -2.26. The van der Waals surface area contributed by atoms with Crippen molar-refractivity contribution in [2.45, 2.75) is 32.9 Å². The number of rotatable bonds is 5. The topological polar surface area (TPSA) is 129 Å². The fraction of sp³-hybridized carbons (Fsp3) is 0.417. The van der Waals surface area contributed by atoms with Crippen LogP contribution >= 0.6 is 0 Å². The third kappa shape index (κ3) is 2.91. The lowest BCUT2D eigenvalue weighted by atomic mass is 10.0. The summed E-state index contributed by atoms with van der Waals surface area (Å²) in [5, 5.41) is 6.30. The summed E-state index contributed by atoms with van der Waals surface area (Å²) in [4.78, 5) is 31.5. The molecule has 0 aliphatic rings. The van der Waals surface area contributed by atoms with Crippen LogP contribution in [0.5, 0.6) is 0 Å². The molecule has 0 aromatic carbocycles. The fourth-order valence-electron chi connectivity index (χ4n) is 1.83. The SMILES string of the molecule is Cc1noc(CNC(=O)C(C)(C)n2ccnc2C(N)=O)n1. The lowest BCUT2D eigenvalue weighted by molar-refractivity contribution is -0.128. The zero-order valence-corrected chi connectivity index (χ0v) is 12.0. The van der Waals surface area contributed by atoms with Gasteiger partial charge in [0.1, 0.15) is 5.54 Å². The van der Waals surface area contributed by atoms with Gasteiger partial charge in [-0.2, -0.15) is 4.98 Å². The molecule has 0 spiro atoms. The smallest absolute Gasteiger partial charge is 0.284 e. The summed E-state index contributed by atoms with van der Waals surface area (Å²) in [5.74, 6) is -0.224. The predicted octanol–water partition coefficient (Wildman–Crippen LogP) is -0.275. The molecule has 2 aromatic heterocycles. The summed E-state index contributed by atoms with van der Waals surface area (Å²) in [5.41, 5.74) is 4.19. The van der Waals surface area contributed by atoms with Crippen molar-refractivity contribution in [2.24, 2.45) is 5.73 Å². The van der Waals surface area contributed by atoms with Gasteiger partial charge in [-0.1, -0.05) is 5.16 Å². The van der Waals surface area contributed by atoms with E-state index < -0.39 is 11.4 Å². The maximum atomic E-state index is 12.3. The first kappa shape index (κ1) is 14.7. The molecule has 21 heavy (non-hydrogen) atoms. The highest BCUT2D eigenvalue weighted by Crippen LogP contribution is 2.17. The van der Waals surface area contributed by atoms with Crippen LogP contribution in [0.4, 0.5) is 0 Å². The van der Waals surface area contributed by atoms with E-state index in [0.717, 1.165) is 0 Å². The summed E-state index contributed by atoms with van der Waals surface area (Å²) in [6, 6.07) is 0. The third-order valence-corrected chi connectivity index (χ3v) is 2.99. The van der Waals surface area contributed by atoms with Gasteiger partial charge in [0.25, 0.3) is 5.91 Å². The fourth-order valence-corrected chi connectivity index (χ4v) is 1.83. The van der Waals surface area contributed by atoms with E-state index in [4.69, 9.17) is 10.3 Å². The Morgan fingerprint density at radius 2 is 2.19 bits per heavy atom. The third-order valence-electron chi connectivity index (χ3n) is 2.99. The van der Waals surface area contributed by atoms with Crippen molar-refractivity contribution in [3.63, 3.8) is 0 Å². The summed E-state index contributed by atoms with van der Waals surface area (Å²) >= 11 is 0. The van der Waals surface area contributed by atoms with E-state index in [9.17, 15) is 9.59 Å². The molecule has 0 bridgehead atoms. The van der Waals surface area contributed by atoms with Crippen molar-refractivity contribution in [3.8, 4) is 0 Å². The first-order chi connectivity index (χ1) is 9.82. The summed E-state index contributed by atoms with van der Waals surface area (Å²) in [6.07, 6.45) is 2.94. The van der Waals surface area contributed by atoms with Gasteiger partial charge < -0.3 is 20.1 Å². The molecule has 0 fully saturated rings. The monoisotopic (exact) mass is 292 g/mol. The maximum Gasteiger partial charge on any atom is 0.284 e. The van der Waals surface area contributed by atoms with Gasteiger partial charge in [-0.15, -0.1) is 0 Å². The lowest BCUT2D eigenvalue weighted by Crippen LogP contribution is -2.45. The molecular weight excluding hydrogens is 276 g/mol. The molecule has 2 amide bonds. The molecule has 0 radical (unpaired) electrons. The minimum absolute atomic E-state index is 0.0174. The van der Waals surface area contributed by atoms with Crippen molar-refractivity contribution >= 4 is 11.8 Å². The number of aromatic nitrogens is 4. The highest BCUT2D eigenvalue weighted by atomic mass is 16.5. The van der Waals surface area contributed by atoms with Crippen molar-refractivity contribution in [2.75, 3.05) is 0 Å². The van der Waals surface area contributed by atoms with Crippen LogP contribution in [-0.4, -0.2) is 31.5 Å². The number of amides is 2. The summed E-state index contributed by atoms with van der Waals surface area (Å²) in [7, 11) is 0. The minimum atomic E-state index is -1.05. The Balaban J connectivity index is 2.12. The molecule has 0 saturated heterocycles. The van der Waals surface area contributed by atoms with Crippen molar-refractivity contribution in [3.05, 3.63) is 29.9 Å². The minimum Gasteiger partial charge on any atom is -0.363 e. The zero-order chi connectivity index (χ0) is 15.6. The van der Waals surface area contributed by atoms with E-state index >= 15 is 0 Å². The van der Waals surface area contributed by atoms with Crippen LogP contribution in [0.2, 0.25) is 0 Å². The Bertz CT molecular complexity index is 672. The van der Waals surface area contributed by atoms with Gasteiger partial charge >= 0.3 is 0 Å². The van der Waals surface area contributed by atoms with Crippen LogP contribution in [-0.2, 0) is 16.9 Å². The van der Waals surface area contributed by atoms with Gasteiger partial charge in [0, 0.05) is 12.4 Å². The normalized spacial score (nSPS) is 11.4. The largest absolute Gasteiger partial charge is 0.363 e. The average Bonchev–Trinajstić information content (AvgIpc) is 3.04. The number of nitrogens with two attached hydrogens (primary N) is 1. The number of hydrogen-bond acceptors (Lipinski definition) is 6. The van der Waals surface area contributed by atoms with Crippen molar-refractivity contribution in [1.29, 1.82) is 0 Å². The zero-order valence-electron chi connectivity index (χ0n) is 12.0. The Morgan fingerprint density at radius 3 is 2.76 bits per heavy atom. The first-order valence-corrected chi connectivity index (χ1v) is 6.23. The highest BCUT2D eigenvalue weighted by Gasteiger charge is 2.32. The van der Waals surface area contributed by atoms with Gasteiger partial charge in [0.15, 0.2) is 11.6 Å². The van der Waals surface area contributed by atoms with Crippen molar-refractivity contribution < 1.29 is 14.1 Å². The molecule has 9 nitrogen and oxygen atoms in total. The van der Waals surface area contributed by atoms with Crippen LogP contribution < -0.4 is 11.1 Å². The molecule has 2 rings (SSSR count). The molecule has 9 heteroatoms. The Hall–Kier alpha value is -2.71. The van der Waals surface area contributed by atoms with E-state index in [1.807, 2.05) is 0 Å². The molecule has 2 aromatic rings. The number of imidazole rings is 1. The average molecular weight is 292 g/mol. The molecule has 0 atom stereocenters. The van der Waals surface area contributed by atoms with Gasteiger partial charge in [0.2, 0.25) is 11.8 Å². The van der Waals surface area contributed by atoms with Crippen LogP contribution in [0.3, 0.4) is 0 Å². The van der Waals surface area contributed by atoms with E-state index in [0.29, 0.717) is 11.7 Å². The summed E-state index contributed by atoms with van der Waals surface area (Å²) in [6.45, 7) is 5.08. The van der Waals surface area contributed by atoms with Crippen LogP contribution in [0.15, 0.2) is 16.9 Å².